The van der Waals surface area contributed by atoms with Crippen molar-refractivity contribution in [1.82, 2.24) is 19.9 Å². The molecule has 82 valence electrons. The van der Waals surface area contributed by atoms with E-state index in [0.717, 1.165) is 24.6 Å². The van der Waals surface area contributed by atoms with Crippen molar-refractivity contribution >= 4 is 5.69 Å². The first-order valence-electron chi connectivity index (χ1n) is 5.33. The van der Waals surface area contributed by atoms with Gasteiger partial charge in [-0.2, -0.15) is 0 Å². The monoisotopic (exact) mass is 215 g/mol. The fraction of sp³-hybridized carbons (Fsp3) is 0.273. The number of anilines is 1. The number of hydrogen-bond acceptors (Lipinski definition) is 4. The molecule has 3 rings (SSSR count). The first-order valence-corrected chi connectivity index (χ1v) is 5.33. The van der Waals surface area contributed by atoms with Crippen LogP contribution in [0.5, 0.6) is 0 Å². The van der Waals surface area contributed by atoms with Gasteiger partial charge in [-0.1, -0.05) is 0 Å². The number of aromatic nitrogens is 3. The number of hydrogen-bond donors (Lipinski definition) is 2. The van der Waals surface area contributed by atoms with E-state index >= 15 is 0 Å². The van der Waals surface area contributed by atoms with Crippen LogP contribution in [0.2, 0.25) is 0 Å². The second kappa shape index (κ2) is 3.94. The Bertz CT molecular complexity index is 444. The first kappa shape index (κ1) is 9.35. The lowest BCUT2D eigenvalue weighted by atomic mass is 10.2. The summed E-state index contributed by atoms with van der Waals surface area (Å²) in [5.41, 5.74) is 1.07. The molecule has 1 saturated heterocycles. The molecule has 0 spiro atoms. The van der Waals surface area contributed by atoms with Crippen LogP contribution in [0.4, 0.5) is 5.69 Å². The van der Waals surface area contributed by atoms with Gasteiger partial charge in [0.25, 0.3) is 0 Å². The molecule has 0 aromatic carbocycles. The van der Waals surface area contributed by atoms with Gasteiger partial charge in [-0.15, -0.1) is 0 Å². The Kier molecular flexibility index (Phi) is 2.30. The van der Waals surface area contributed by atoms with Crippen molar-refractivity contribution in [2.24, 2.45) is 0 Å². The van der Waals surface area contributed by atoms with Crippen molar-refractivity contribution in [2.75, 3.05) is 18.4 Å². The van der Waals surface area contributed by atoms with E-state index in [1.807, 2.05) is 29.1 Å². The van der Waals surface area contributed by atoms with E-state index in [9.17, 15) is 0 Å². The SMILES string of the molecule is c1cn(-c2ccc(NC3CNC3)cn2)cn1. The average Bonchev–Trinajstić information content (AvgIpc) is 2.78. The fourth-order valence-electron chi connectivity index (χ4n) is 1.65. The predicted octanol–water partition coefficient (Wildman–Crippen LogP) is 0.651. The Morgan fingerprint density at radius 3 is 2.88 bits per heavy atom. The Balaban J connectivity index is 1.74. The largest absolute Gasteiger partial charge is 0.378 e. The van der Waals surface area contributed by atoms with Gasteiger partial charge < -0.3 is 10.6 Å². The third-order valence-electron chi connectivity index (χ3n) is 2.67. The summed E-state index contributed by atoms with van der Waals surface area (Å²) in [6.07, 6.45) is 7.22. The molecule has 2 N–H and O–H groups in total. The molecule has 16 heavy (non-hydrogen) atoms. The highest BCUT2D eigenvalue weighted by Crippen LogP contribution is 2.11. The lowest BCUT2D eigenvalue weighted by Crippen LogP contribution is -2.51. The van der Waals surface area contributed by atoms with E-state index in [0.29, 0.717) is 6.04 Å². The maximum atomic E-state index is 4.37. The Morgan fingerprint density at radius 1 is 1.38 bits per heavy atom. The number of nitrogens with one attached hydrogen (secondary N) is 2. The molecule has 1 aliphatic rings. The topological polar surface area (TPSA) is 54.8 Å². The minimum absolute atomic E-state index is 0.542. The standard InChI is InChI=1S/C11H13N5/c1-2-11(16-4-3-12-8-16)14-7-9(1)15-10-5-13-6-10/h1-4,7-8,10,13,15H,5-6H2. The quantitative estimate of drug-likeness (QED) is 0.789. The van der Waals surface area contributed by atoms with E-state index in [2.05, 4.69) is 20.6 Å². The molecule has 0 unspecified atom stereocenters. The molecule has 2 aromatic heterocycles. The third-order valence-corrected chi connectivity index (χ3v) is 2.67. The molecule has 2 aromatic rings. The van der Waals surface area contributed by atoms with Crippen molar-refractivity contribution in [3.8, 4) is 5.82 Å². The van der Waals surface area contributed by atoms with Crippen LogP contribution in [-0.2, 0) is 0 Å². The van der Waals surface area contributed by atoms with Gasteiger partial charge >= 0.3 is 0 Å². The van der Waals surface area contributed by atoms with Crippen molar-refractivity contribution in [3.05, 3.63) is 37.1 Å². The molecular weight excluding hydrogens is 202 g/mol. The highest BCUT2D eigenvalue weighted by Gasteiger charge is 2.15. The summed E-state index contributed by atoms with van der Waals surface area (Å²) in [6, 6.07) is 4.57. The van der Waals surface area contributed by atoms with E-state index in [4.69, 9.17) is 0 Å². The zero-order chi connectivity index (χ0) is 10.8. The van der Waals surface area contributed by atoms with E-state index in [1.165, 1.54) is 0 Å². The Hall–Kier alpha value is -1.88. The van der Waals surface area contributed by atoms with Gasteiger partial charge in [0.05, 0.1) is 17.9 Å². The van der Waals surface area contributed by atoms with Crippen molar-refractivity contribution in [1.29, 1.82) is 0 Å². The Morgan fingerprint density at radius 2 is 2.31 bits per heavy atom. The van der Waals surface area contributed by atoms with E-state index in [-0.39, 0.29) is 0 Å². The molecule has 0 aliphatic carbocycles. The van der Waals surface area contributed by atoms with Crippen molar-refractivity contribution < 1.29 is 0 Å². The van der Waals surface area contributed by atoms with Crippen LogP contribution in [0.15, 0.2) is 37.1 Å². The van der Waals surface area contributed by atoms with Gasteiger partial charge in [0.2, 0.25) is 0 Å². The number of pyridine rings is 1. The molecule has 0 bridgehead atoms. The number of rotatable bonds is 3. The minimum Gasteiger partial charge on any atom is -0.378 e. The molecule has 0 atom stereocenters. The van der Waals surface area contributed by atoms with E-state index < -0.39 is 0 Å². The highest BCUT2D eigenvalue weighted by atomic mass is 15.1. The maximum Gasteiger partial charge on any atom is 0.137 e. The van der Waals surface area contributed by atoms with Crippen LogP contribution in [-0.4, -0.2) is 33.7 Å². The molecule has 1 aliphatic heterocycles. The second-order valence-electron chi connectivity index (χ2n) is 3.87. The predicted molar refractivity (Wildman–Crippen MR) is 61.6 cm³/mol. The summed E-state index contributed by atoms with van der Waals surface area (Å²) < 4.78 is 1.88. The fourth-order valence-corrected chi connectivity index (χ4v) is 1.65. The summed E-state index contributed by atoms with van der Waals surface area (Å²) in [6.45, 7) is 2.06. The van der Waals surface area contributed by atoms with Gasteiger partial charge in [0, 0.05) is 25.5 Å². The van der Waals surface area contributed by atoms with E-state index in [1.54, 1.807) is 12.5 Å². The van der Waals surface area contributed by atoms with Crippen molar-refractivity contribution in [3.63, 3.8) is 0 Å². The molecule has 5 heteroatoms. The van der Waals surface area contributed by atoms with Crippen LogP contribution in [0.25, 0.3) is 5.82 Å². The van der Waals surface area contributed by atoms with Gasteiger partial charge in [-0.25, -0.2) is 9.97 Å². The lowest BCUT2D eigenvalue weighted by molar-refractivity contribution is 0.472. The molecular formula is C11H13N5. The molecule has 0 saturated carbocycles. The Labute approximate surface area is 93.5 Å². The van der Waals surface area contributed by atoms with Crippen LogP contribution in [0, 0.1) is 0 Å². The molecule has 0 radical (unpaired) electrons. The van der Waals surface area contributed by atoms with Crippen LogP contribution < -0.4 is 10.6 Å². The summed E-state index contributed by atoms with van der Waals surface area (Å²) in [5.74, 6) is 0.884. The molecule has 5 nitrogen and oxygen atoms in total. The average molecular weight is 215 g/mol. The lowest BCUT2D eigenvalue weighted by Gasteiger charge is -2.28. The van der Waals surface area contributed by atoms with Crippen LogP contribution in [0.3, 0.4) is 0 Å². The summed E-state index contributed by atoms with van der Waals surface area (Å²) >= 11 is 0. The van der Waals surface area contributed by atoms with Gasteiger partial charge in [0.15, 0.2) is 0 Å². The summed E-state index contributed by atoms with van der Waals surface area (Å²) in [5, 5.41) is 6.62. The zero-order valence-electron chi connectivity index (χ0n) is 8.80. The smallest absolute Gasteiger partial charge is 0.137 e. The van der Waals surface area contributed by atoms with Crippen LogP contribution >= 0.6 is 0 Å². The molecule has 1 fully saturated rings. The third kappa shape index (κ3) is 1.77. The summed E-state index contributed by atoms with van der Waals surface area (Å²) in [7, 11) is 0. The number of nitrogens with zero attached hydrogens (tertiary/aromatic N) is 3. The van der Waals surface area contributed by atoms with Crippen LogP contribution in [0.1, 0.15) is 0 Å². The summed E-state index contributed by atoms with van der Waals surface area (Å²) in [4.78, 5) is 8.36. The maximum absolute atomic E-state index is 4.37. The first-order chi connectivity index (χ1) is 7.92. The van der Waals surface area contributed by atoms with Gasteiger partial charge in [-0.05, 0) is 12.1 Å². The van der Waals surface area contributed by atoms with Gasteiger partial charge in [0.1, 0.15) is 12.1 Å². The van der Waals surface area contributed by atoms with Crippen molar-refractivity contribution in [2.45, 2.75) is 6.04 Å². The van der Waals surface area contributed by atoms with Gasteiger partial charge in [-0.3, -0.25) is 4.57 Å². The zero-order valence-corrected chi connectivity index (χ0v) is 8.80. The highest BCUT2D eigenvalue weighted by molar-refractivity contribution is 5.45. The second-order valence-corrected chi connectivity index (χ2v) is 3.87. The number of imidazole rings is 1. The normalized spacial score (nSPS) is 15.8. The molecule has 0 amide bonds. The minimum atomic E-state index is 0.542. The molecule has 3 heterocycles.